The molecule has 1 aliphatic carbocycles. The summed E-state index contributed by atoms with van der Waals surface area (Å²) in [5.41, 5.74) is 2.49. The second-order valence-corrected chi connectivity index (χ2v) is 4.19. The standard InChI is InChI=1S/C11H15NO3/c1-2-9-6-8-15-10-5-3-4-7-11(9,10)12(13)14/h10H,1,3-8H2/t10-,11+/m1/s1. The molecule has 2 rings (SSSR count). The first kappa shape index (κ1) is 10.4. The number of nitro groups is 1. The monoisotopic (exact) mass is 209 g/mol. The van der Waals surface area contributed by atoms with Crippen molar-refractivity contribution in [3.63, 3.8) is 0 Å². The van der Waals surface area contributed by atoms with Crippen LogP contribution in [0.15, 0.2) is 17.9 Å². The fraction of sp³-hybridized carbons (Fsp3) is 0.727. The van der Waals surface area contributed by atoms with Gasteiger partial charge in [-0.3, -0.25) is 10.1 Å². The summed E-state index contributed by atoms with van der Waals surface area (Å²) in [5.74, 6) is 0. The highest BCUT2D eigenvalue weighted by Gasteiger charge is 2.57. The summed E-state index contributed by atoms with van der Waals surface area (Å²) < 4.78 is 5.55. The van der Waals surface area contributed by atoms with Crippen LogP contribution in [-0.4, -0.2) is 23.2 Å². The molecule has 4 heteroatoms. The maximum Gasteiger partial charge on any atom is 0.276 e. The molecule has 15 heavy (non-hydrogen) atoms. The first-order valence-electron chi connectivity index (χ1n) is 5.37. The van der Waals surface area contributed by atoms with Gasteiger partial charge in [0.25, 0.3) is 5.54 Å². The second-order valence-electron chi connectivity index (χ2n) is 4.19. The van der Waals surface area contributed by atoms with Crippen molar-refractivity contribution in [2.24, 2.45) is 0 Å². The molecular weight excluding hydrogens is 194 g/mol. The highest BCUT2D eigenvalue weighted by atomic mass is 16.6. The number of rotatable bonds is 1. The normalized spacial score (nSPS) is 35.5. The zero-order valence-electron chi connectivity index (χ0n) is 8.70. The zero-order valence-corrected chi connectivity index (χ0v) is 8.70. The van der Waals surface area contributed by atoms with Crippen LogP contribution in [-0.2, 0) is 4.74 Å². The van der Waals surface area contributed by atoms with Crippen LogP contribution < -0.4 is 0 Å². The van der Waals surface area contributed by atoms with Crippen molar-refractivity contribution in [1.29, 1.82) is 0 Å². The average Bonchev–Trinajstić information content (AvgIpc) is 2.27. The van der Waals surface area contributed by atoms with Gasteiger partial charge in [-0.05, 0) is 12.8 Å². The van der Waals surface area contributed by atoms with Crippen molar-refractivity contribution in [3.05, 3.63) is 28.0 Å². The van der Waals surface area contributed by atoms with Gasteiger partial charge in [0, 0.05) is 17.8 Å². The van der Waals surface area contributed by atoms with Gasteiger partial charge in [0.1, 0.15) is 6.10 Å². The van der Waals surface area contributed by atoms with Gasteiger partial charge in [-0.2, -0.15) is 0 Å². The smallest absolute Gasteiger partial charge is 0.276 e. The Morgan fingerprint density at radius 1 is 1.60 bits per heavy atom. The van der Waals surface area contributed by atoms with Crippen LogP contribution in [0.25, 0.3) is 0 Å². The average molecular weight is 209 g/mol. The Hall–Kier alpha value is -1.12. The molecule has 0 bridgehead atoms. The molecule has 0 unspecified atom stereocenters. The number of hydrogen-bond acceptors (Lipinski definition) is 3. The topological polar surface area (TPSA) is 52.4 Å². The Bertz CT molecular complexity index is 331. The van der Waals surface area contributed by atoms with E-state index in [0.717, 1.165) is 24.8 Å². The quantitative estimate of drug-likeness (QED) is 0.377. The van der Waals surface area contributed by atoms with E-state index in [1.54, 1.807) is 0 Å². The van der Waals surface area contributed by atoms with Gasteiger partial charge in [-0.25, -0.2) is 0 Å². The van der Waals surface area contributed by atoms with E-state index in [-0.39, 0.29) is 11.0 Å². The van der Waals surface area contributed by atoms with Crippen molar-refractivity contribution in [2.45, 2.75) is 43.7 Å². The van der Waals surface area contributed by atoms with Crippen molar-refractivity contribution in [3.8, 4) is 0 Å². The van der Waals surface area contributed by atoms with E-state index in [1.165, 1.54) is 0 Å². The molecule has 0 radical (unpaired) electrons. The molecule has 0 aromatic rings. The molecule has 0 amide bonds. The lowest BCUT2D eigenvalue weighted by Crippen LogP contribution is -2.56. The van der Waals surface area contributed by atoms with E-state index in [1.807, 2.05) is 0 Å². The van der Waals surface area contributed by atoms with E-state index >= 15 is 0 Å². The van der Waals surface area contributed by atoms with Crippen LogP contribution in [0.3, 0.4) is 0 Å². The third-order valence-electron chi connectivity index (χ3n) is 3.54. The Labute approximate surface area is 88.8 Å². The fourth-order valence-electron chi connectivity index (χ4n) is 2.77. The molecule has 2 aliphatic rings. The van der Waals surface area contributed by atoms with Crippen LogP contribution >= 0.6 is 0 Å². The molecule has 4 nitrogen and oxygen atoms in total. The summed E-state index contributed by atoms with van der Waals surface area (Å²) in [7, 11) is 0. The second kappa shape index (κ2) is 3.80. The Kier molecular flexibility index (Phi) is 2.63. The van der Waals surface area contributed by atoms with Crippen LogP contribution in [0.1, 0.15) is 32.1 Å². The molecule has 2 atom stereocenters. The van der Waals surface area contributed by atoms with Crippen molar-refractivity contribution in [2.75, 3.05) is 6.61 Å². The predicted octanol–water partition coefficient (Wildman–Crippen LogP) is 2.08. The molecule has 1 heterocycles. The van der Waals surface area contributed by atoms with E-state index in [2.05, 4.69) is 12.3 Å². The van der Waals surface area contributed by atoms with Crippen LogP contribution in [0.5, 0.6) is 0 Å². The molecule has 0 spiro atoms. The lowest BCUT2D eigenvalue weighted by atomic mass is 9.72. The highest BCUT2D eigenvalue weighted by molar-refractivity contribution is 5.21. The van der Waals surface area contributed by atoms with Gasteiger partial charge in [0.05, 0.1) is 12.2 Å². The number of ether oxygens (including phenoxy) is 1. The minimum Gasteiger partial charge on any atom is -0.370 e. The maximum absolute atomic E-state index is 11.3. The lowest BCUT2D eigenvalue weighted by Gasteiger charge is -2.40. The number of fused-ring (bicyclic) bond motifs is 1. The molecule has 1 saturated carbocycles. The third-order valence-corrected chi connectivity index (χ3v) is 3.54. The molecule has 0 aromatic carbocycles. The Morgan fingerprint density at radius 2 is 2.40 bits per heavy atom. The summed E-state index contributed by atoms with van der Waals surface area (Å²) in [4.78, 5) is 11.1. The predicted molar refractivity (Wildman–Crippen MR) is 55.2 cm³/mol. The summed E-state index contributed by atoms with van der Waals surface area (Å²) in [5, 5.41) is 11.3. The summed E-state index contributed by atoms with van der Waals surface area (Å²) in [6.45, 7) is 4.15. The molecule has 0 aromatic heterocycles. The van der Waals surface area contributed by atoms with Crippen molar-refractivity contribution < 1.29 is 9.66 Å². The van der Waals surface area contributed by atoms with Crippen LogP contribution in [0.2, 0.25) is 0 Å². The first-order valence-corrected chi connectivity index (χ1v) is 5.37. The maximum atomic E-state index is 11.3. The minimum absolute atomic E-state index is 0.177. The fourth-order valence-corrected chi connectivity index (χ4v) is 2.77. The van der Waals surface area contributed by atoms with E-state index < -0.39 is 5.54 Å². The van der Waals surface area contributed by atoms with Gasteiger partial charge >= 0.3 is 0 Å². The summed E-state index contributed by atoms with van der Waals surface area (Å²) >= 11 is 0. The molecular formula is C11H15NO3. The van der Waals surface area contributed by atoms with Gasteiger partial charge in [-0.15, -0.1) is 5.73 Å². The Morgan fingerprint density at radius 3 is 3.07 bits per heavy atom. The minimum atomic E-state index is -1.02. The summed E-state index contributed by atoms with van der Waals surface area (Å²) in [6.07, 6.45) is 3.60. The van der Waals surface area contributed by atoms with Gasteiger partial charge < -0.3 is 4.74 Å². The Balaban J connectivity index is 2.44. The van der Waals surface area contributed by atoms with Crippen LogP contribution in [0.4, 0.5) is 0 Å². The van der Waals surface area contributed by atoms with E-state index in [4.69, 9.17) is 4.74 Å². The van der Waals surface area contributed by atoms with Crippen molar-refractivity contribution >= 4 is 0 Å². The molecule has 82 valence electrons. The lowest BCUT2D eigenvalue weighted by molar-refractivity contribution is -0.579. The highest BCUT2D eigenvalue weighted by Crippen LogP contribution is 2.42. The molecule has 0 N–H and O–H groups in total. The zero-order chi connectivity index (χ0) is 10.9. The molecule has 1 saturated heterocycles. The first-order chi connectivity index (χ1) is 7.21. The third kappa shape index (κ3) is 1.41. The molecule has 1 aliphatic heterocycles. The largest absolute Gasteiger partial charge is 0.370 e. The van der Waals surface area contributed by atoms with Crippen molar-refractivity contribution in [1.82, 2.24) is 0 Å². The van der Waals surface area contributed by atoms with Gasteiger partial charge in [-0.1, -0.05) is 13.0 Å². The SMILES string of the molecule is C=C=C1CCO[C@@H]2CCCC[C@]12[N+](=O)[O-]. The number of hydrogen-bond donors (Lipinski definition) is 0. The van der Waals surface area contributed by atoms with Gasteiger partial charge in [0.2, 0.25) is 0 Å². The summed E-state index contributed by atoms with van der Waals surface area (Å²) in [6, 6.07) is 0. The van der Waals surface area contributed by atoms with Crippen LogP contribution in [0, 0.1) is 10.1 Å². The van der Waals surface area contributed by atoms with E-state index in [9.17, 15) is 10.1 Å². The van der Waals surface area contributed by atoms with E-state index in [0.29, 0.717) is 19.4 Å². The molecule has 2 fully saturated rings. The number of nitrogens with zero attached hydrogens (tertiary/aromatic N) is 1. The van der Waals surface area contributed by atoms with Gasteiger partial charge in [0.15, 0.2) is 0 Å².